The molecular formula is C6H11N5O. The molecule has 2 rings (SSSR count). The Balaban J connectivity index is 2.08. The van der Waals surface area contributed by atoms with Gasteiger partial charge in [0.2, 0.25) is 5.89 Å². The van der Waals surface area contributed by atoms with Crippen molar-refractivity contribution >= 4 is 5.95 Å². The SMILES string of the molecule is Nc1noc(C2CNCCN2)n1. The van der Waals surface area contributed by atoms with E-state index in [1.807, 2.05) is 0 Å². The van der Waals surface area contributed by atoms with E-state index >= 15 is 0 Å². The largest absolute Gasteiger partial charge is 0.365 e. The third-order valence-corrected chi connectivity index (χ3v) is 1.80. The van der Waals surface area contributed by atoms with Crippen LogP contribution in [0.4, 0.5) is 5.95 Å². The molecule has 0 bridgehead atoms. The zero-order valence-corrected chi connectivity index (χ0v) is 6.58. The van der Waals surface area contributed by atoms with Crippen LogP contribution in [-0.4, -0.2) is 29.8 Å². The number of anilines is 1. The maximum Gasteiger partial charge on any atom is 0.260 e. The summed E-state index contributed by atoms with van der Waals surface area (Å²) in [5.41, 5.74) is 5.32. The van der Waals surface area contributed by atoms with Gasteiger partial charge in [-0.2, -0.15) is 4.98 Å². The Kier molecular flexibility index (Phi) is 1.92. The van der Waals surface area contributed by atoms with E-state index < -0.39 is 0 Å². The first-order valence-corrected chi connectivity index (χ1v) is 3.89. The fraction of sp³-hybridized carbons (Fsp3) is 0.667. The van der Waals surface area contributed by atoms with Crippen molar-refractivity contribution in [2.75, 3.05) is 25.4 Å². The predicted octanol–water partition coefficient (Wildman–Crippen LogP) is -1.11. The molecule has 0 radical (unpaired) electrons. The Morgan fingerprint density at radius 2 is 2.42 bits per heavy atom. The fourth-order valence-corrected chi connectivity index (χ4v) is 1.22. The van der Waals surface area contributed by atoms with Crippen LogP contribution in [0, 0.1) is 0 Å². The lowest BCUT2D eigenvalue weighted by molar-refractivity contribution is 0.307. The van der Waals surface area contributed by atoms with E-state index in [0.717, 1.165) is 19.6 Å². The summed E-state index contributed by atoms with van der Waals surface area (Å²) < 4.78 is 4.92. The van der Waals surface area contributed by atoms with Gasteiger partial charge >= 0.3 is 0 Å². The molecule has 6 nitrogen and oxygen atoms in total. The highest BCUT2D eigenvalue weighted by molar-refractivity contribution is 5.12. The number of aromatic nitrogens is 2. The van der Waals surface area contributed by atoms with Crippen LogP contribution >= 0.6 is 0 Å². The normalized spacial score (nSPS) is 24.2. The van der Waals surface area contributed by atoms with Crippen molar-refractivity contribution in [3.63, 3.8) is 0 Å². The number of nitrogen functional groups attached to an aromatic ring is 1. The molecule has 1 unspecified atom stereocenters. The second kappa shape index (κ2) is 3.08. The van der Waals surface area contributed by atoms with E-state index in [1.54, 1.807) is 0 Å². The quantitative estimate of drug-likeness (QED) is 0.493. The first-order valence-electron chi connectivity index (χ1n) is 3.89. The van der Waals surface area contributed by atoms with Crippen LogP contribution in [0.25, 0.3) is 0 Å². The Morgan fingerprint density at radius 1 is 1.50 bits per heavy atom. The highest BCUT2D eigenvalue weighted by Crippen LogP contribution is 2.11. The van der Waals surface area contributed by atoms with Gasteiger partial charge in [0.1, 0.15) is 0 Å². The lowest BCUT2D eigenvalue weighted by atomic mass is 10.2. The molecule has 12 heavy (non-hydrogen) atoms. The van der Waals surface area contributed by atoms with E-state index in [0.29, 0.717) is 5.89 Å². The van der Waals surface area contributed by atoms with Crippen LogP contribution in [0.3, 0.4) is 0 Å². The number of nitrogens with one attached hydrogen (secondary N) is 2. The van der Waals surface area contributed by atoms with Crippen LogP contribution in [-0.2, 0) is 0 Å². The summed E-state index contributed by atoms with van der Waals surface area (Å²) in [5, 5.41) is 9.96. The molecule has 0 aliphatic carbocycles. The average molecular weight is 169 g/mol. The van der Waals surface area contributed by atoms with E-state index in [1.165, 1.54) is 0 Å². The third-order valence-electron chi connectivity index (χ3n) is 1.80. The first kappa shape index (κ1) is 7.51. The van der Waals surface area contributed by atoms with Crippen LogP contribution in [0.1, 0.15) is 11.9 Å². The average Bonchev–Trinajstić information content (AvgIpc) is 2.54. The summed E-state index contributed by atoms with van der Waals surface area (Å²) >= 11 is 0. The summed E-state index contributed by atoms with van der Waals surface area (Å²) in [7, 11) is 0. The predicted molar refractivity (Wildman–Crippen MR) is 42.3 cm³/mol. The number of hydrogen-bond acceptors (Lipinski definition) is 6. The van der Waals surface area contributed by atoms with Gasteiger partial charge in [-0.05, 0) is 5.16 Å². The van der Waals surface area contributed by atoms with Crippen LogP contribution in [0.15, 0.2) is 4.52 Å². The molecule has 2 heterocycles. The molecule has 1 aromatic rings. The Morgan fingerprint density at radius 3 is 3.00 bits per heavy atom. The first-order chi connectivity index (χ1) is 5.86. The summed E-state index contributed by atoms with van der Waals surface area (Å²) in [6.45, 7) is 2.69. The molecule has 0 amide bonds. The lowest BCUT2D eigenvalue weighted by Crippen LogP contribution is -2.42. The Hall–Kier alpha value is -1.14. The highest BCUT2D eigenvalue weighted by Gasteiger charge is 2.19. The number of nitrogens with zero attached hydrogens (tertiary/aromatic N) is 2. The molecule has 0 aromatic carbocycles. The molecule has 1 atom stereocenters. The minimum Gasteiger partial charge on any atom is -0.365 e. The second-order valence-corrected chi connectivity index (χ2v) is 2.70. The number of nitrogens with two attached hydrogens (primary N) is 1. The lowest BCUT2D eigenvalue weighted by Gasteiger charge is -2.20. The molecule has 0 spiro atoms. The van der Waals surface area contributed by atoms with Crippen molar-refractivity contribution in [3.8, 4) is 0 Å². The zero-order valence-electron chi connectivity index (χ0n) is 6.58. The number of hydrogen-bond donors (Lipinski definition) is 3. The molecule has 1 aliphatic rings. The molecule has 1 fully saturated rings. The van der Waals surface area contributed by atoms with Gasteiger partial charge in [0.05, 0.1) is 6.04 Å². The highest BCUT2D eigenvalue weighted by atomic mass is 16.5. The fourth-order valence-electron chi connectivity index (χ4n) is 1.22. The molecule has 6 heteroatoms. The molecule has 1 saturated heterocycles. The Bertz CT molecular complexity index is 254. The van der Waals surface area contributed by atoms with Gasteiger partial charge < -0.3 is 20.9 Å². The smallest absolute Gasteiger partial charge is 0.260 e. The topological polar surface area (TPSA) is 89.0 Å². The number of piperazine rings is 1. The molecule has 1 aromatic heterocycles. The molecular weight excluding hydrogens is 158 g/mol. The monoisotopic (exact) mass is 169 g/mol. The van der Waals surface area contributed by atoms with Crippen molar-refractivity contribution < 1.29 is 4.52 Å². The maximum atomic E-state index is 5.32. The van der Waals surface area contributed by atoms with Gasteiger partial charge in [-0.1, -0.05) is 0 Å². The molecule has 1 aliphatic heterocycles. The van der Waals surface area contributed by atoms with Crippen LogP contribution in [0.2, 0.25) is 0 Å². The third kappa shape index (κ3) is 1.39. The van der Waals surface area contributed by atoms with Crippen molar-refractivity contribution in [1.29, 1.82) is 0 Å². The van der Waals surface area contributed by atoms with E-state index in [9.17, 15) is 0 Å². The molecule has 0 saturated carbocycles. The van der Waals surface area contributed by atoms with Gasteiger partial charge in [0, 0.05) is 19.6 Å². The minimum atomic E-state index is 0.101. The van der Waals surface area contributed by atoms with Gasteiger partial charge in [-0.25, -0.2) is 0 Å². The van der Waals surface area contributed by atoms with Crippen molar-refractivity contribution in [1.82, 2.24) is 20.8 Å². The van der Waals surface area contributed by atoms with Gasteiger partial charge in [-0.3, -0.25) is 0 Å². The van der Waals surface area contributed by atoms with E-state index in [2.05, 4.69) is 20.8 Å². The van der Waals surface area contributed by atoms with Gasteiger partial charge in [-0.15, -0.1) is 0 Å². The minimum absolute atomic E-state index is 0.101. The van der Waals surface area contributed by atoms with Crippen LogP contribution < -0.4 is 16.4 Å². The standard InChI is InChI=1S/C6H11N5O/c7-6-10-5(12-11-6)4-3-8-1-2-9-4/h4,8-9H,1-3H2,(H2,7,11). The van der Waals surface area contributed by atoms with Crippen LogP contribution in [0.5, 0.6) is 0 Å². The summed E-state index contributed by atoms with van der Waals surface area (Å²) in [5.74, 6) is 0.747. The molecule has 66 valence electrons. The van der Waals surface area contributed by atoms with Crippen molar-refractivity contribution in [2.24, 2.45) is 0 Å². The van der Waals surface area contributed by atoms with Crippen molar-refractivity contribution in [3.05, 3.63) is 5.89 Å². The summed E-state index contributed by atoms with van der Waals surface area (Å²) in [6, 6.07) is 0.101. The van der Waals surface area contributed by atoms with Gasteiger partial charge in [0.25, 0.3) is 5.95 Å². The Labute approximate surface area is 69.5 Å². The number of rotatable bonds is 1. The zero-order chi connectivity index (χ0) is 8.39. The summed E-state index contributed by atoms with van der Waals surface area (Å²) in [6.07, 6.45) is 0. The van der Waals surface area contributed by atoms with Crippen molar-refractivity contribution in [2.45, 2.75) is 6.04 Å². The maximum absolute atomic E-state index is 5.32. The van der Waals surface area contributed by atoms with E-state index in [-0.39, 0.29) is 12.0 Å². The second-order valence-electron chi connectivity index (χ2n) is 2.70. The summed E-state index contributed by atoms with van der Waals surface area (Å²) in [4.78, 5) is 3.93. The van der Waals surface area contributed by atoms with Gasteiger partial charge in [0.15, 0.2) is 0 Å². The molecule has 4 N–H and O–H groups in total. The van der Waals surface area contributed by atoms with E-state index in [4.69, 9.17) is 10.3 Å².